The second-order valence-electron chi connectivity index (χ2n) is 13.6. The fourth-order valence-corrected chi connectivity index (χ4v) is 4.95. The van der Waals surface area contributed by atoms with Crippen LogP contribution in [0.1, 0.15) is 26.7 Å². The van der Waals surface area contributed by atoms with E-state index >= 15 is 0 Å². The standard InChI is InChI=1S/C39H67N3O14/c1-6-34(43)18-49-26-53-22-38(47)24-55-28-51-20-36(45)16-42(17-37(46)21-52-29-56-25-39(48)23-54-27-50-19-35(44)7-2)33-14-12-32(13-15-33)41(5)31-10-8-30(9-11-31)40(3)4/h8-15,34-39,43-48H,6-7,16-29H2,1-5H3. The number of rotatable bonds is 34. The van der Waals surface area contributed by atoms with Gasteiger partial charge in [0, 0.05) is 57.0 Å². The van der Waals surface area contributed by atoms with Gasteiger partial charge >= 0.3 is 0 Å². The van der Waals surface area contributed by atoms with Crippen LogP contribution in [0, 0.1) is 0 Å². The lowest BCUT2D eigenvalue weighted by atomic mass is 10.2. The molecule has 0 fully saturated rings. The molecular formula is C39H67N3O14. The van der Waals surface area contributed by atoms with Crippen molar-refractivity contribution < 1.29 is 68.5 Å². The SMILES string of the molecule is CCC(O)COCOCC(O)COCOCC(O)CN(CC(O)COCOCC(O)COCOCC(O)CC)c1ccc(N(C)c2ccc(N(C)C)cc2)cc1. The molecule has 0 aliphatic rings. The Hall–Kier alpha value is -2.72. The molecule has 2 aromatic rings. The molecule has 2 rings (SSSR count). The van der Waals surface area contributed by atoms with Crippen molar-refractivity contribution in [2.24, 2.45) is 0 Å². The van der Waals surface area contributed by atoms with Crippen LogP contribution < -0.4 is 14.7 Å². The van der Waals surface area contributed by atoms with E-state index in [9.17, 15) is 30.6 Å². The summed E-state index contributed by atoms with van der Waals surface area (Å²) in [5, 5.41) is 60.8. The van der Waals surface area contributed by atoms with Crippen molar-refractivity contribution in [3.63, 3.8) is 0 Å². The number of hydrogen-bond donors (Lipinski definition) is 6. The van der Waals surface area contributed by atoms with Gasteiger partial charge < -0.3 is 83.2 Å². The molecule has 0 radical (unpaired) electrons. The van der Waals surface area contributed by atoms with E-state index in [2.05, 4.69) is 17.0 Å². The fourth-order valence-electron chi connectivity index (χ4n) is 4.95. The van der Waals surface area contributed by atoms with Crippen LogP contribution in [-0.2, 0) is 37.9 Å². The highest BCUT2D eigenvalue weighted by Crippen LogP contribution is 2.28. The molecule has 0 spiro atoms. The minimum Gasteiger partial charge on any atom is -0.391 e. The fraction of sp³-hybridized carbons (Fsp3) is 0.692. The van der Waals surface area contributed by atoms with Crippen LogP contribution in [0.15, 0.2) is 48.5 Å². The molecule has 0 aromatic heterocycles. The molecule has 0 amide bonds. The average Bonchev–Trinajstić information content (AvgIpc) is 3.19. The summed E-state index contributed by atoms with van der Waals surface area (Å²) in [6.07, 6.45) is -3.70. The van der Waals surface area contributed by atoms with Gasteiger partial charge in [-0.1, -0.05) is 13.8 Å². The second kappa shape index (κ2) is 29.5. The molecule has 56 heavy (non-hydrogen) atoms. The lowest BCUT2D eigenvalue weighted by Gasteiger charge is -2.30. The van der Waals surface area contributed by atoms with Gasteiger partial charge in [0.2, 0.25) is 0 Å². The summed E-state index contributed by atoms with van der Waals surface area (Å²) in [4.78, 5) is 5.92. The largest absolute Gasteiger partial charge is 0.391 e. The number of aliphatic hydroxyl groups excluding tert-OH is 6. The lowest BCUT2D eigenvalue weighted by molar-refractivity contribution is -0.127. The summed E-state index contributed by atoms with van der Waals surface area (Å²) < 4.78 is 42.5. The zero-order valence-electron chi connectivity index (χ0n) is 33.7. The highest BCUT2D eigenvalue weighted by Gasteiger charge is 2.18. The summed E-state index contributed by atoms with van der Waals surface area (Å²) in [7, 11) is 5.96. The van der Waals surface area contributed by atoms with Crippen molar-refractivity contribution in [1.29, 1.82) is 0 Å². The zero-order valence-corrected chi connectivity index (χ0v) is 33.7. The Balaban J connectivity index is 1.86. The van der Waals surface area contributed by atoms with Gasteiger partial charge in [0.25, 0.3) is 0 Å². The first kappa shape index (κ1) is 49.4. The van der Waals surface area contributed by atoms with Gasteiger partial charge in [-0.3, -0.25) is 0 Å². The lowest BCUT2D eigenvalue weighted by Crippen LogP contribution is -2.41. The first-order valence-corrected chi connectivity index (χ1v) is 19.0. The van der Waals surface area contributed by atoms with Gasteiger partial charge in [0.05, 0.1) is 77.3 Å². The molecule has 322 valence electrons. The van der Waals surface area contributed by atoms with E-state index in [1.54, 1.807) is 0 Å². The van der Waals surface area contributed by atoms with Crippen molar-refractivity contribution in [2.45, 2.75) is 63.3 Å². The minimum absolute atomic E-state index is 0.0195. The molecule has 0 saturated heterocycles. The Morgan fingerprint density at radius 3 is 0.964 bits per heavy atom. The second-order valence-corrected chi connectivity index (χ2v) is 13.6. The van der Waals surface area contributed by atoms with E-state index in [1.807, 2.05) is 81.2 Å². The third-order valence-corrected chi connectivity index (χ3v) is 8.31. The number of hydrogen-bond acceptors (Lipinski definition) is 17. The van der Waals surface area contributed by atoms with Crippen LogP contribution in [0.3, 0.4) is 0 Å². The molecule has 6 atom stereocenters. The van der Waals surface area contributed by atoms with E-state index in [0.29, 0.717) is 12.8 Å². The Morgan fingerprint density at radius 1 is 0.393 bits per heavy atom. The molecular weight excluding hydrogens is 734 g/mol. The first-order valence-electron chi connectivity index (χ1n) is 19.0. The van der Waals surface area contributed by atoms with Gasteiger partial charge in [0.15, 0.2) is 0 Å². The summed E-state index contributed by atoms with van der Waals surface area (Å²) in [6.45, 7) is 3.48. The summed E-state index contributed by atoms with van der Waals surface area (Å²) in [5.74, 6) is 0. The molecule has 6 unspecified atom stereocenters. The molecule has 0 aliphatic carbocycles. The molecule has 0 heterocycles. The predicted octanol–water partition coefficient (Wildman–Crippen LogP) is 1.28. The summed E-state index contributed by atoms with van der Waals surface area (Å²) in [6, 6.07) is 15.9. The maximum atomic E-state index is 10.9. The van der Waals surface area contributed by atoms with Crippen LogP contribution in [-0.4, -0.2) is 182 Å². The summed E-state index contributed by atoms with van der Waals surface area (Å²) in [5.41, 5.74) is 3.81. The maximum Gasteiger partial charge on any atom is 0.146 e. The smallest absolute Gasteiger partial charge is 0.146 e. The van der Waals surface area contributed by atoms with Crippen molar-refractivity contribution in [3.8, 4) is 0 Å². The van der Waals surface area contributed by atoms with Crippen LogP contribution >= 0.6 is 0 Å². The van der Waals surface area contributed by atoms with Crippen molar-refractivity contribution in [3.05, 3.63) is 48.5 Å². The predicted molar refractivity (Wildman–Crippen MR) is 211 cm³/mol. The monoisotopic (exact) mass is 801 g/mol. The number of benzene rings is 2. The molecule has 0 bridgehead atoms. The Bertz CT molecular complexity index is 1190. The molecule has 0 aliphatic heterocycles. The van der Waals surface area contributed by atoms with Crippen molar-refractivity contribution in [2.75, 3.05) is 129 Å². The highest BCUT2D eigenvalue weighted by molar-refractivity contribution is 5.67. The van der Waals surface area contributed by atoms with Gasteiger partial charge in [0.1, 0.15) is 39.4 Å². The maximum absolute atomic E-state index is 10.9. The third-order valence-electron chi connectivity index (χ3n) is 8.31. The molecule has 17 heteroatoms. The van der Waals surface area contributed by atoms with Gasteiger partial charge in [-0.25, -0.2) is 0 Å². The molecule has 2 aromatic carbocycles. The number of aliphatic hydroxyl groups is 6. The Morgan fingerprint density at radius 2 is 0.661 bits per heavy atom. The van der Waals surface area contributed by atoms with E-state index in [1.165, 1.54) is 0 Å². The van der Waals surface area contributed by atoms with E-state index in [4.69, 9.17) is 37.9 Å². The van der Waals surface area contributed by atoms with Gasteiger partial charge in [-0.05, 0) is 61.4 Å². The quantitative estimate of drug-likeness (QED) is 0.0436. The van der Waals surface area contributed by atoms with E-state index in [-0.39, 0.29) is 93.1 Å². The number of nitrogens with zero attached hydrogens (tertiary/aromatic N) is 3. The van der Waals surface area contributed by atoms with Crippen LogP contribution in [0.4, 0.5) is 22.7 Å². The van der Waals surface area contributed by atoms with Crippen molar-refractivity contribution >= 4 is 22.7 Å². The topological polar surface area (TPSA) is 205 Å². The number of anilines is 4. The van der Waals surface area contributed by atoms with Crippen molar-refractivity contribution in [1.82, 2.24) is 0 Å². The highest BCUT2D eigenvalue weighted by atomic mass is 16.7. The number of ether oxygens (including phenoxy) is 8. The summed E-state index contributed by atoms with van der Waals surface area (Å²) >= 11 is 0. The van der Waals surface area contributed by atoms with Gasteiger partial charge in [-0.15, -0.1) is 0 Å². The van der Waals surface area contributed by atoms with Crippen LogP contribution in [0.5, 0.6) is 0 Å². The van der Waals surface area contributed by atoms with Crippen LogP contribution in [0.25, 0.3) is 0 Å². The Labute approximate surface area is 331 Å². The molecule has 17 nitrogen and oxygen atoms in total. The molecule has 6 N–H and O–H groups in total. The van der Waals surface area contributed by atoms with Gasteiger partial charge in [-0.2, -0.15) is 0 Å². The zero-order chi connectivity index (χ0) is 41.1. The van der Waals surface area contributed by atoms with Crippen LogP contribution in [0.2, 0.25) is 0 Å². The first-order chi connectivity index (χ1) is 26.9. The minimum atomic E-state index is -0.956. The molecule has 0 saturated carbocycles. The van der Waals surface area contributed by atoms with E-state index < -0.39 is 36.6 Å². The normalized spacial score (nSPS) is 14.9. The average molecular weight is 802 g/mol. The van der Waals surface area contributed by atoms with E-state index in [0.717, 1.165) is 22.7 Å². The third kappa shape index (κ3) is 21.7. The Kier molecular flexibility index (Phi) is 26.0.